The number of methoxy groups -OCH3 is 1. The molecule has 0 bridgehead atoms. The summed E-state index contributed by atoms with van der Waals surface area (Å²) < 4.78 is 4.88. The van der Waals surface area contributed by atoms with E-state index < -0.39 is 0 Å². The Balaban J connectivity index is 1.82. The summed E-state index contributed by atoms with van der Waals surface area (Å²) in [4.78, 5) is 25.9. The van der Waals surface area contributed by atoms with Gasteiger partial charge in [-0.3, -0.25) is 9.59 Å². The summed E-state index contributed by atoms with van der Waals surface area (Å²) in [5.74, 6) is -0.00636. The number of halogens is 1. The Bertz CT molecular complexity index is 528. The van der Waals surface area contributed by atoms with Crippen LogP contribution < -0.4 is 5.32 Å². The summed E-state index contributed by atoms with van der Waals surface area (Å²) in [6, 6.07) is 7.11. The van der Waals surface area contributed by atoms with E-state index in [9.17, 15) is 9.59 Å². The van der Waals surface area contributed by atoms with E-state index in [1.807, 2.05) is 4.90 Å². The first kappa shape index (κ1) is 16.8. The molecule has 1 aliphatic rings. The highest BCUT2D eigenvalue weighted by atomic mass is 35.5. The molecule has 2 rings (SSSR count). The zero-order valence-corrected chi connectivity index (χ0v) is 13.4. The van der Waals surface area contributed by atoms with Crippen molar-refractivity contribution >= 4 is 23.4 Å². The third-order valence-corrected chi connectivity index (χ3v) is 3.99. The zero-order valence-electron chi connectivity index (χ0n) is 12.7. The van der Waals surface area contributed by atoms with Crippen LogP contribution in [0.15, 0.2) is 24.3 Å². The number of hydrogen-bond acceptors (Lipinski definition) is 3. The molecule has 0 spiro atoms. The third-order valence-electron chi connectivity index (χ3n) is 3.75. The van der Waals surface area contributed by atoms with Gasteiger partial charge in [0.15, 0.2) is 0 Å². The summed E-state index contributed by atoms with van der Waals surface area (Å²) in [6.45, 7) is 1.71. The van der Waals surface area contributed by atoms with Gasteiger partial charge in [-0.25, -0.2) is 0 Å². The minimum Gasteiger partial charge on any atom is -0.384 e. The van der Waals surface area contributed by atoms with Crippen molar-refractivity contribution in [2.24, 2.45) is 0 Å². The first-order chi connectivity index (χ1) is 10.6. The molecule has 1 heterocycles. The lowest BCUT2D eigenvalue weighted by Gasteiger charge is -2.32. The molecule has 1 aromatic carbocycles. The molecule has 1 fully saturated rings. The molecule has 0 atom stereocenters. The van der Waals surface area contributed by atoms with Gasteiger partial charge in [-0.15, -0.1) is 0 Å². The van der Waals surface area contributed by atoms with Crippen molar-refractivity contribution in [3.63, 3.8) is 0 Å². The van der Waals surface area contributed by atoms with Gasteiger partial charge < -0.3 is 15.0 Å². The van der Waals surface area contributed by atoms with Crippen LogP contribution in [-0.4, -0.2) is 49.6 Å². The number of piperidine rings is 1. The van der Waals surface area contributed by atoms with Gasteiger partial charge >= 0.3 is 0 Å². The maximum absolute atomic E-state index is 12.4. The van der Waals surface area contributed by atoms with Crippen molar-refractivity contribution < 1.29 is 14.3 Å². The number of carbonyl (C=O) groups is 2. The molecule has 1 N–H and O–H groups in total. The maximum atomic E-state index is 12.4. The smallest absolute Gasteiger partial charge is 0.253 e. The Labute approximate surface area is 135 Å². The van der Waals surface area contributed by atoms with E-state index in [1.165, 1.54) is 0 Å². The number of amides is 2. The van der Waals surface area contributed by atoms with Crippen LogP contribution in [0.3, 0.4) is 0 Å². The Morgan fingerprint density at radius 1 is 1.36 bits per heavy atom. The highest BCUT2D eigenvalue weighted by Gasteiger charge is 2.24. The summed E-state index contributed by atoms with van der Waals surface area (Å²) in [5.41, 5.74) is 0.607. The monoisotopic (exact) mass is 324 g/mol. The van der Waals surface area contributed by atoms with Gasteiger partial charge in [-0.1, -0.05) is 17.7 Å². The molecule has 120 valence electrons. The molecule has 0 radical (unpaired) electrons. The summed E-state index contributed by atoms with van der Waals surface area (Å²) >= 11 is 5.92. The molecule has 6 heteroatoms. The predicted octanol–water partition coefficient (Wildman–Crippen LogP) is 2.10. The van der Waals surface area contributed by atoms with E-state index in [0.29, 0.717) is 36.7 Å². The van der Waals surface area contributed by atoms with Crippen molar-refractivity contribution in [1.29, 1.82) is 0 Å². The van der Waals surface area contributed by atoms with Crippen LogP contribution in [-0.2, 0) is 9.53 Å². The van der Waals surface area contributed by atoms with Crippen LogP contribution in [0, 0.1) is 0 Å². The number of hydrogen-bond donors (Lipinski definition) is 1. The third kappa shape index (κ3) is 4.71. The van der Waals surface area contributed by atoms with Gasteiger partial charge in [0.1, 0.15) is 0 Å². The summed E-state index contributed by atoms with van der Waals surface area (Å²) in [6.07, 6.45) is 1.91. The fourth-order valence-corrected chi connectivity index (χ4v) is 2.72. The van der Waals surface area contributed by atoms with E-state index >= 15 is 0 Å². The average Bonchev–Trinajstić information content (AvgIpc) is 2.53. The van der Waals surface area contributed by atoms with Gasteiger partial charge in [-0.05, 0) is 31.0 Å². The fourth-order valence-electron chi connectivity index (χ4n) is 2.53. The van der Waals surface area contributed by atoms with Crippen molar-refractivity contribution in [2.45, 2.75) is 25.3 Å². The van der Waals surface area contributed by atoms with E-state index in [1.54, 1.807) is 31.4 Å². The second-order valence-corrected chi connectivity index (χ2v) is 5.82. The Morgan fingerprint density at radius 3 is 2.73 bits per heavy atom. The standard InChI is InChI=1S/C16H21ClN2O3/c1-22-10-7-15(20)18-14-5-8-19(9-6-14)16(21)12-3-2-4-13(17)11-12/h2-4,11,14H,5-10H2,1H3,(H,18,20). The molecule has 1 aliphatic heterocycles. The van der Waals surface area contributed by atoms with Gasteiger partial charge in [0, 0.05) is 43.2 Å². The van der Waals surface area contributed by atoms with E-state index in [4.69, 9.17) is 16.3 Å². The number of benzene rings is 1. The highest BCUT2D eigenvalue weighted by Crippen LogP contribution is 2.16. The molecule has 0 aromatic heterocycles. The maximum Gasteiger partial charge on any atom is 0.253 e. The van der Waals surface area contributed by atoms with Crippen molar-refractivity contribution in [1.82, 2.24) is 10.2 Å². The zero-order chi connectivity index (χ0) is 15.9. The molecule has 0 unspecified atom stereocenters. The van der Waals surface area contributed by atoms with Crippen LogP contribution in [0.5, 0.6) is 0 Å². The molecule has 0 aliphatic carbocycles. The van der Waals surface area contributed by atoms with E-state index in [-0.39, 0.29) is 17.9 Å². The van der Waals surface area contributed by atoms with Crippen molar-refractivity contribution in [3.05, 3.63) is 34.9 Å². The Hall–Kier alpha value is -1.59. The van der Waals surface area contributed by atoms with Crippen LogP contribution in [0.25, 0.3) is 0 Å². The van der Waals surface area contributed by atoms with Gasteiger partial charge in [0.05, 0.1) is 6.61 Å². The van der Waals surface area contributed by atoms with Crippen LogP contribution >= 0.6 is 11.6 Å². The highest BCUT2D eigenvalue weighted by molar-refractivity contribution is 6.30. The number of likely N-dealkylation sites (tertiary alicyclic amines) is 1. The fraction of sp³-hybridized carbons (Fsp3) is 0.500. The van der Waals surface area contributed by atoms with Gasteiger partial charge in [-0.2, -0.15) is 0 Å². The number of ether oxygens (including phenoxy) is 1. The first-order valence-corrected chi connectivity index (χ1v) is 7.81. The van der Waals surface area contributed by atoms with Crippen LogP contribution in [0.2, 0.25) is 5.02 Å². The Morgan fingerprint density at radius 2 is 2.09 bits per heavy atom. The number of nitrogens with one attached hydrogen (secondary N) is 1. The summed E-state index contributed by atoms with van der Waals surface area (Å²) in [5, 5.41) is 3.55. The Kier molecular flexibility index (Phi) is 6.21. The number of carbonyl (C=O) groups excluding carboxylic acids is 2. The van der Waals surface area contributed by atoms with Crippen LogP contribution in [0.4, 0.5) is 0 Å². The molecule has 1 saturated heterocycles. The molecule has 2 amide bonds. The lowest BCUT2D eigenvalue weighted by molar-refractivity contribution is -0.122. The molecular formula is C16H21ClN2O3. The largest absolute Gasteiger partial charge is 0.384 e. The summed E-state index contributed by atoms with van der Waals surface area (Å²) in [7, 11) is 1.58. The molecule has 0 saturated carbocycles. The second-order valence-electron chi connectivity index (χ2n) is 5.39. The lowest BCUT2D eigenvalue weighted by atomic mass is 10.0. The van der Waals surface area contributed by atoms with Crippen molar-refractivity contribution in [3.8, 4) is 0 Å². The van der Waals surface area contributed by atoms with E-state index in [0.717, 1.165) is 12.8 Å². The minimum atomic E-state index is -0.00772. The molecule has 5 nitrogen and oxygen atoms in total. The van der Waals surface area contributed by atoms with Crippen LogP contribution in [0.1, 0.15) is 29.6 Å². The van der Waals surface area contributed by atoms with Gasteiger partial charge in [0.2, 0.25) is 5.91 Å². The SMILES string of the molecule is COCCC(=O)NC1CCN(C(=O)c2cccc(Cl)c2)CC1. The van der Waals surface area contributed by atoms with Gasteiger partial charge in [0.25, 0.3) is 5.91 Å². The van der Waals surface area contributed by atoms with E-state index in [2.05, 4.69) is 5.32 Å². The minimum absolute atomic E-state index is 0.00136. The van der Waals surface area contributed by atoms with Crippen molar-refractivity contribution in [2.75, 3.05) is 26.8 Å². The topological polar surface area (TPSA) is 58.6 Å². The second kappa shape index (κ2) is 8.15. The lowest BCUT2D eigenvalue weighted by Crippen LogP contribution is -2.46. The first-order valence-electron chi connectivity index (χ1n) is 7.43. The molecule has 22 heavy (non-hydrogen) atoms. The number of nitrogens with zero attached hydrogens (tertiary/aromatic N) is 1. The predicted molar refractivity (Wildman–Crippen MR) is 85.0 cm³/mol. The number of rotatable bonds is 5. The molecular weight excluding hydrogens is 304 g/mol. The quantitative estimate of drug-likeness (QED) is 0.902. The average molecular weight is 325 g/mol. The molecule has 1 aromatic rings. The normalized spacial score (nSPS) is 15.6.